The molecule has 5 heterocycles. The average Bonchev–Trinajstić information content (AvgIpc) is 3.31. The van der Waals surface area contributed by atoms with Gasteiger partial charge in [0.05, 0.1) is 61.7 Å². The van der Waals surface area contributed by atoms with Crippen molar-refractivity contribution in [1.29, 1.82) is 0 Å². The molecule has 0 aliphatic carbocycles. The Morgan fingerprint density at radius 2 is 2.21 bits per heavy atom. The predicted molar refractivity (Wildman–Crippen MR) is 105 cm³/mol. The molecule has 5 rings (SSSR count). The zero-order valence-corrected chi connectivity index (χ0v) is 15.8. The normalized spacial score (nSPS) is 19.7. The molecule has 2 aliphatic heterocycles. The molecule has 3 aromatic heterocycles. The predicted octanol–water partition coefficient (Wildman–Crippen LogP) is 2.66. The lowest BCUT2D eigenvalue weighted by atomic mass is 10.1. The topological polar surface area (TPSA) is 83.3 Å². The van der Waals surface area contributed by atoms with E-state index in [0.29, 0.717) is 32.3 Å². The molecular weight excluding hydrogens is 358 g/mol. The van der Waals surface area contributed by atoms with Gasteiger partial charge in [-0.3, -0.25) is 4.68 Å². The van der Waals surface area contributed by atoms with Crippen molar-refractivity contribution in [2.45, 2.75) is 25.4 Å². The second-order valence-electron chi connectivity index (χ2n) is 7.06. The third-order valence-corrected chi connectivity index (χ3v) is 5.14. The molecule has 1 N–H and O–H groups in total. The first-order valence-electron chi connectivity index (χ1n) is 9.72. The molecule has 2 fully saturated rings. The summed E-state index contributed by atoms with van der Waals surface area (Å²) in [4.78, 5) is 9.24. The number of hydrogen-bond acceptors (Lipinski definition) is 7. The summed E-state index contributed by atoms with van der Waals surface area (Å²) >= 11 is 0. The number of rotatable bonds is 6. The maximum Gasteiger partial charge on any atom is 0.222 e. The van der Waals surface area contributed by atoms with Crippen LogP contribution in [0.3, 0.4) is 0 Å². The molecule has 8 nitrogen and oxygen atoms in total. The number of aromatic nitrogens is 4. The van der Waals surface area contributed by atoms with E-state index >= 15 is 0 Å². The van der Waals surface area contributed by atoms with Crippen molar-refractivity contribution < 1.29 is 14.2 Å². The average molecular weight is 381 g/mol. The smallest absolute Gasteiger partial charge is 0.222 e. The van der Waals surface area contributed by atoms with Crippen molar-refractivity contribution in [3.8, 4) is 17.1 Å². The van der Waals surface area contributed by atoms with E-state index in [4.69, 9.17) is 19.2 Å². The lowest BCUT2D eigenvalue weighted by Crippen LogP contribution is -2.31. The molecule has 1 unspecified atom stereocenters. The number of anilines is 1. The van der Waals surface area contributed by atoms with Gasteiger partial charge in [-0.2, -0.15) is 5.10 Å². The van der Waals surface area contributed by atoms with Gasteiger partial charge in [0.25, 0.3) is 0 Å². The van der Waals surface area contributed by atoms with Gasteiger partial charge in [-0.05, 0) is 31.5 Å². The largest absolute Gasteiger partial charge is 0.477 e. The minimum atomic E-state index is 0.253. The Labute approximate surface area is 162 Å². The maximum absolute atomic E-state index is 5.72. The molecule has 146 valence electrons. The molecule has 0 bridgehead atoms. The van der Waals surface area contributed by atoms with E-state index < -0.39 is 0 Å². The Hall–Kier alpha value is -2.71. The van der Waals surface area contributed by atoms with Gasteiger partial charge in [-0.25, -0.2) is 9.97 Å². The highest BCUT2D eigenvalue weighted by molar-refractivity contribution is 5.91. The van der Waals surface area contributed by atoms with Crippen LogP contribution in [0.15, 0.2) is 30.6 Å². The van der Waals surface area contributed by atoms with Crippen LogP contribution in [0.25, 0.3) is 22.3 Å². The monoisotopic (exact) mass is 381 g/mol. The standard InChI is InChI=1S/C20H23N5O3/c1-2-28-20-15(4-3-6-21-20)16-8-17(23-13-5-7-26-10-13)19-18(24-16)9-22-25(19)14-11-27-12-14/h3-4,6,8-9,13-14H,2,5,7,10-12H2,1H3,(H,23,24). The summed E-state index contributed by atoms with van der Waals surface area (Å²) in [6.45, 7) is 5.36. The van der Waals surface area contributed by atoms with E-state index in [9.17, 15) is 0 Å². The highest BCUT2D eigenvalue weighted by Gasteiger charge is 2.26. The van der Waals surface area contributed by atoms with Crippen molar-refractivity contribution in [2.24, 2.45) is 0 Å². The highest BCUT2D eigenvalue weighted by atomic mass is 16.5. The van der Waals surface area contributed by atoms with Gasteiger partial charge in [0, 0.05) is 12.8 Å². The second-order valence-corrected chi connectivity index (χ2v) is 7.06. The van der Waals surface area contributed by atoms with Crippen LogP contribution in [-0.2, 0) is 9.47 Å². The molecule has 0 aromatic carbocycles. The first-order valence-corrected chi connectivity index (χ1v) is 9.72. The van der Waals surface area contributed by atoms with E-state index in [2.05, 4.69) is 21.5 Å². The van der Waals surface area contributed by atoms with E-state index in [1.807, 2.05) is 29.9 Å². The molecule has 0 spiro atoms. The lowest BCUT2D eigenvalue weighted by Gasteiger charge is -2.27. The van der Waals surface area contributed by atoms with Crippen LogP contribution >= 0.6 is 0 Å². The van der Waals surface area contributed by atoms with Crippen molar-refractivity contribution >= 4 is 16.7 Å². The van der Waals surface area contributed by atoms with Crippen molar-refractivity contribution in [1.82, 2.24) is 19.7 Å². The molecule has 0 radical (unpaired) electrons. The molecular formula is C20H23N5O3. The Balaban J connectivity index is 1.63. The Morgan fingerprint density at radius 3 is 2.96 bits per heavy atom. The molecule has 8 heteroatoms. The minimum absolute atomic E-state index is 0.253. The Morgan fingerprint density at radius 1 is 1.29 bits per heavy atom. The molecule has 0 amide bonds. The summed E-state index contributed by atoms with van der Waals surface area (Å²) in [6, 6.07) is 6.48. The fourth-order valence-electron chi connectivity index (χ4n) is 3.66. The molecule has 28 heavy (non-hydrogen) atoms. The summed E-state index contributed by atoms with van der Waals surface area (Å²) < 4.78 is 18.7. The van der Waals surface area contributed by atoms with Gasteiger partial charge in [0.1, 0.15) is 11.0 Å². The first kappa shape index (κ1) is 17.4. The van der Waals surface area contributed by atoms with Crippen LogP contribution in [0.5, 0.6) is 5.88 Å². The third-order valence-electron chi connectivity index (χ3n) is 5.14. The van der Waals surface area contributed by atoms with E-state index in [0.717, 1.165) is 41.0 Å². The third kappa shape index (κ3) is 3.08. The van der Waals surface area contributed by atoms with Gasteiger partial charge < -0.3 is 19.5 Å². The summed E-state index contributed by atoms with van der Waals surface area (Å²) in [6.07, 6.45) is 4.54. The van der Waals surface area contributed by atoms with Gasteiger partial charge in [0.2, 0.25) is 5.88 Å². The van der Waals surface area contributed by atoms with Gasteiger partial charge >= 0.3 is 0 Å². The van der Waals surface area contributed by atoms with Crippen LogP contribution in [0, 0.1) is 0 Å². The number of pyridine rings is 2. The van der Waals surface area contributed by atoms with Crippen LogP contribution in [-0.4, -0.2) is 58.8 Å². The number of nitrogens with zero attached hydrogens (tertiary/aromatic N) is 4. The van der Waals surface area contributed by atoms with Gasteiger partial charge in [0.15, 0.2) is 0 Å². The fraction of sp³-hybridized carbons (Fsp3) is 0.450. The van der Waals surface area contributed by atoms with Gasteiger partial charge in [-0.1, -0.05) is 0 Å². The fourth-order valence-corrected chi connectivity index (χ4v) is 3.66. The van der Waals surface area contributed by atoms with Crippen LogP contribution in [0.4, 0.5) is 5.69 Å². The maximum atomic E-state index is 5.72. The van der Waals surface area contributed by atoms with Crippen molar-refractivity contribution in [3.63, 3.8) is 0 Å². The van der Waals surface area contributed by atoms with Crippen LogP contribution < -0.4 is 10.1 Å². The zero-order chi connectivity index (χ0) is 18.9. The second kappa shape index (κ2) is 7.37. The molecule has 1 atom stereocenters. The Bertz CT molecular complexity index is 979. The zero-order valence-electron chi connectivity index (χ0n) is 15.8. The SMILES string of the molecule is CCOc1ncccc1-c1cc(NC2CCOC2)c2c(cnn2C2COC2)n1. The lowest BCUT2D eigenvalue weighted by molar-refractivity contribution is -0.0266. The van der Waals surface area contributed by atoms with Crippen LogP contribution in [0.2, 0.25) is 0 Å². The summed E-state index contributed by atoms with van der Waals surface area (Å²) in [5.74, 6) is 0.590. The summed E-state index contributed by atoms with van der Waals surface area (Å²) in [5.41, 5.74) is 4.54. The first-order chi connectivity index (χ1) is 13.8. The van der Waals surface area contributed by atoms with E-state index in [-0.39, 0.29) is 12.1 Å². The molecule has 2 saturated heterocycles. The Kier molecular flexibility index (Phi) is 4.58. The highest BCUT2D eigenvalue weighted by Crippen LogP contribution is 2.34. The summed E-state index contributed by atoms with van der Waals surface area (Å²) in [5, 5.41) is 8.25. The molecule has 0 saturated carbocycles. The van der Waals surface area contributed by atoms with E-state index in [1.165, 1.54) is 0 Å². The van der Waals surface area contributed by atoms with Crippen LogP contribution in [0.1, 0.15) is 19.4 Å². The number of ether oxygens (including phenoxy) is 3. The number of nitrogens with one attached hydrogen (secondary N) is 1. The number of hydrogen-bond donors (Lipinski definition) is 1. The van der Waals surface area contributed by atoms with E-state index in [1.54, 1.807) is 6.20 Å². The van der Waals surface area contributed by atoms with Gasteiger partial charge in [-0.15, -0.1) is 0 Å². The number of fused-ring (bicyclic) bond motifs is 1. The minimum Gasteiger partial charge on any atom is -0.477 e. The quantitative estimate of drug-likeness (QED) is 0.703. The van der Waals surface area contributed by atoms with Crippen molar-refractivity contribution in [3.05, 3.63) is 30.6 Å². The molecule has 3 aromatic rings. The van der Waals surface area contributed by atoms with Crippen molar-refractivity contribution in [2.75, 3.05) is 38.4 Å². The summed E-state index contributed by atoms with van der Waals surface area (Å²) in [7, 11) is 0. The molecule has 2 aliphatic rings.